The maximum Gasteiger partial charge on any atom is 0.254 e. The Morgan fingerprint density at radius 1 is 1.14 bits per heavy atom. The Labute approximate surface area is 133 Å². The smallest absolute Gasteiger partial charge is 0.254 e. The van der Waals surface area contributed by atoms with Crippen LogP contribution < -0.4 is 0 Å². The molecule has 1 amide bonds. The first-order valence-corrected chi connectivity index (χ1v) is 7.73. The zero-order valence-electron chi connectivity index (χ0n) is 12.0. The van der Waals surface area contributed by atoms with Gasteiger partial charge in [0.15, 0.2) is 0 Å². The van der Waals surface area contributed by atoms with Crippen LogP contribution in [-0.2, 0) is 13.0 Å². The quantitative estimate of drug-likeness (QED) is 0.724. The molecule has 4 rings (SSSR count). The van der Waals surface area contributed by atoms with Crippen LogP contribution in [0.2, 0.25) is 5.02 Å². The zero-order valence-corrected chi connectivity index (χ0v) is 12.7. The Morgan fingerprint density at radius 3 is 2.77 bits per heavy atom. The van der Waals surface area contributed by atoms with Crippen LogP contribution in [0.3, 0.4) is 0 Å². The average Bonchev–Trinajstić information content (AvgIpc) is 2.91. The standard InChI is InChI=1S/C18H15ClN2O/c19-13-6-7-14-15-11-21(9-8-16(15)20-17(14)10-13)18(22)12-4-2-1-3-5-12/h1-7,10,20H,8-9,11H2. The number of amides is 1. The lowest BCUT2D eigenvalue weighted by Gasteiger charge is -2.27. The first-order chi connectivity index (χ1) is 10.7. The fraction of sp³-hybridized carbons (Fsp3) is 0.167. The second-order valence-electron chi connectivity index (χ2n) is 5.61. The molecule has 110 valence electrons. The highest BCUT2D eigenvalue weighted by molar-refractivity contribution is 6.31. The highest BCUT2D eigenvalue weighted by Crippen LogP contribution is 2.30. The van der Waals surface area contributed by atoms with Crippen molar-refractivity contribution in [3.63, 3.8) is 0 Å². The van der Waals surface area contributed by atoms with Gasteiger partial charge in [0.25, 0.3) is 5.91 Å². The second kappa shape index (κ2) is 5.18. The van der Waals surface area contributed by atoms with Crippen LogP contribution in [0.4, 0.5) is 0 Å². The highest BCUT2D eigenvalue weighted by Gasteiger charge is 2.24. The second-order valence-corrected chi connectivity index (χ2v) is 6.05. The number of benzene rings is 2. The predicted octanol–water partition coefficient (Wildman–Crippen LogP) is 4.02. The maximum absolute atomic E-state index is 12.6. The molecule has 2 heterocycles. The number of nitrogens with zero attached hydrogens (tertiary/aromatic N) is 1. The van der Waals surface area contributed by atoms with E-state index in [-0.39, 0.29) is 5.91 Å². The molecule has 3 aromatic rings. The van der Waals surface area contributed by atoms with Crippen molar-refractivity contribution in [2.24, 2.45) is 0 Å². The van der Waals surface area contributed by atoms with Gasteiger partial charge in [0.1, 0.15) is 0 Å². The van der Waals surface area contributed by atoms with E-state index in [4.69, 9.17) is 11.6 Å². The summed E-state index contributed by atoms with van der Waals surface area (Å²) in [6, 6.07) is 15.3. The lowest BCUT2D eigenvalue weighted by molar-refractivity contribution is 0.0735. The van der Waals surface area contributed by atoms with E-state index in [1.54, 1.807) is 0 Å². The monoisotopic (exact) mass is 310 g/mol. The molecular weight excluding hydrogens is 296 g/mol. The van der Waals surface area contributed by atoms with Crippen LogP contribution >= 0.6 is 11.6 Å². The number of carbonyl (C=O) groups excluding carboxylic acids is 1. The molecule has 1 aliphatic heterocycles. The number of hydrogen-bond donors (Lipinski definition) is 1. The van der Waals surface area contributed by atoms with Gasteiger partial charge >= 0.3 is 0 Å². The normalized spacial score (nSPS) is 14.1. The summed E-state index contributed by atoms with van der Waals surface area (Å²) in [5.74, 6) is 0.0922. The molecule has 3 nitrogen and oxygen atoms in total. The van der Waals surface area contributed by atoms with Gasteiger partial charge in [-0.25, -0.2) is 0 Å². The number of rotatable bonds is 1. The maximum atomic E-state index is 12.6. The Hall–Kier alpha value is -2.26. The number of aromatic amines is 1. The van der Waals surface area contributed by atoms with E-state index in [0.717, 1.165) is 34.5 Å². The van der Waals surface area contributed by atoms with Crippen molar-refractivity contribution in [2.75, 3.05) is 6.54 Å². The van der Waals surface area contributed by atoms with Crippen LogP contribution in [-0.4, -0.2) is 22.3 Å². The summed E-state index contributed by atoms with van der Waals surface area (Å²) in [5, 5.41) is 1.88. The average molecular weight is 311 g/mol. The van der Waals surface area contributed by atoms with E-state index in [1.165, 1.54) is 11.3 Å². The van der Waals surface area contributed by atoms with Crippen molar-refractivity contribution in [1.29, 1.82) is 0 Å². The van der Waals surface area contributed by atoms with Gasteiger partial charge in [-0.15, -0.1) is 0 Å². The molecule has 1 N–H and O–H groups in total. The van der Waals surface area contributed by atoms with Crippen molar-refractivity contribution in [3.05, 3.63) is 70.4 Å². The summed E-state index contributed by atoms with van der Waals surface area (Å²) in [5.41, 5.74) is 4.22. The minimum Gasteiger partial charge on any atom is -0.358 e. The fourth-order valence-corrected chi connectivity index (χ4v) is 3.30. The van der Waals surface area contributed by atoms with Gasteiger partial charge in [0, 0.05) is 52.3 Å². The lowest BCUT2D eigenvalue weighted by atomic mass is 10.0. The summed E-state index contributed by atoms with van der Waals surface area (Å²) >= 11 is 6.06. The molecule has 0 fully saturated rings. The Bertz CT molecular complexity index is 854. The van der Waals surface area contributed by atoms with Crippen LogP contribution in [0, 0.1) is 0 Å². The van der Waals surface area contributed by atoms with Gasteiger partial charge in [-0.1, -0.05) is 35.9 Å². The molecule has 0 bridgehead atoms. The third-order valence-corrected chi connectivity index (χ3v) is 4.48. The largest absolute Gasteiger partial charge is 0.358 e. The molecule has 22 heavy (non-hydrogen) atoms. The number of carbonyl (C=O) groups is 1. The Morgan fingerprint density at radius 2 is 1.95 bits per heavy atom. The number of halogens is 1. The summed E-state index contributed by atoms with van der Waals surface area (Å²) in [4.78, 5) is 18.0. The minimum atomic E-state index is 0.0922. The molecule has 0 saturated heterocycles. The van der Waals surface area contributed by atoms with Gasteiger partial charge in [-0.05, 0) is 24.3 Å². The topological polar surface area (TPSA) is 36.1 Å². The molecule has 4 heteroatoms. The fourth-order valence-electron chi connectivity index (χ4n) is 3.13. The van der Waals surface area contributed by atoms with E-state index in [1.807, 2.05) is 53.4 Å². The molecule has 0 unspecified atom stereocenters. The van der Waals surface area contributed by atoms with Crippen molar-refractivity contribution >= 4 is 28.4 Å². The van der Waals surface area contributed by atoms with Gasteiger partial charge in [-0.2, -0.15) is 0 Å². The third kappa shape index (κ3) is 2.18. The number of hydrogen-bond acceptors (Lipinski definition) is 1. The molecule has 0 radical (unpaired) electrons. The Kier molecular flexibility index (Phi) is 3.16. The first-order valence-electron chi connectivity index (χ1n) is 7.35. The SMILES string of the molecule is O=C(c1ccccc1)N1CCc2[nH]c3cc(Cl)ccc3c2C1. The van der Waals surface area contributed by atoms with Crippen molar-refractivity contribution in [3.8, 4) is 0 Å². The van der Waals surface area contributed by atoms with E-state index >= 15 is 0 Å². The molecule has 2 aromatic carbocycles. The molecule has 0 saturated carbocycles. The predicted molar refractivity (Wildman–Crippen MR) is 88.2 cm³/mol. The molecule has 0 atom stereocenters. The summed E-state index contributed by atoms with van der Waals surface area (Å²) in [7, 11) is 0. The number of fused-ring (bicyclic) bond motifs is 3. The molecule has 1 aliphatic rings. The van der Waals surface area contributed by atoms with Gasteiger partial charge in [0.05, 0.1) is 0 Å². The zero-order chi connectivity index (χ0) is 15.1. The van der Waals surface area contributed by atoms with E-state index in [0.29, 0.717) is 6.54 Å². The van der Waals surface area contributed by atoms with Crippen molar-refractivity contribution in [1.82, 2.24) is 9.88 Å². The molecule has 0 spiro atoms. The number of H-pyrrole nitrogens is 1. The summed E-state index contributed by atoms with van der Waals surface area (Å²) < 4.78 is 0. The van der Waals surface area contributed by atoms with Crippen LogP contribution in [0.25, 0.3) is 10.9 Å². The minimum absolute atomic E-state index is 0.0922. The van der Waals surface area contributed by atoms with E-state index in [2.05, 4.69) is 4.98 Å². The number of nitrogens with one attached hydrogen (secondary N) is 1. The van der Waals surface area contributed by atoms with Gasteiger partial charge in [0.2, 0.25) is 0 Å². The van der Waals surface area contributed by atoms with E-state index < -0.39 is 0 Å². The third-order valence-electron chi connectivity index (χ3n) is 4.25. The first kappa shape index (κ1) is 13.4. The van der Waals surface area contributed by atoms with E-state index in [9.17, 15) is 4.79 Å². The summed E-state index contributed by atoms with van der Waals surface area (Å²) in [6.45, 7) is 1.38. The van der Waals surface area contributed by atoms with Crippen LogP contribution in [0.1, 0.15) is 21.6 Å². The van der Waals surface area contributed by atoms with Crippen LogP contribution in [0.5, 0.6) is 0 Å². The summed E-state index contributed by atoms with van der Waals surface area (Å²) in [6.07, 6.45) is 0.847. The van der Waals surface area contributed by atoms with Gasteiger partial charge < -0.3 is 9.88 Å². The molecular formula is C18H15ClN2O. The van der Waals surface area contributed by atoms with Crippen molar-refractivity contribution < 1.29 is 4.79 Å². The number of aromatic nitrogens is 1. The van der Waals surface area contributed by atoms with Crippen LogP contribution in [0.15, 0.2) is 48.5 Å². The Balaban J connectivity index is 1.69. The molecule has 0 aliphatic carbocycles. The molecule has 1 aromatic heterocycles. The van der Waals surface area contributed by atoms with Crippen molar-refractivity contribution in [2.45, 2.75) is 13.0 Å². The van der Waals surface area contributed by atoms with Gasteiger partial charge in [-0.3, -0.25) is 4.79 Å². The highest BCUT2D eigenvalue weighted by atomic mass is 35.5. The lowest BCUT2D eigenvalue weighted by Crippen LogP contribution is -2.35.